The molecule has 2 aromatic rings. The van der Waals surface area contributed by atoms with Gasteiger partial charge in [0, 0.05) is 21.7 Å². The van der Waals surface area contributed by atoms with Crippen LogP contribution >= 0.6 is 27.5 Å². The summed E-state index contributed by atoms with van der Waals surface area (Å²) in [5, 5.41) is 0.494. The van der Waals surface area contributed by atoms with Crippen molar-refractivity contribution in [1.82, 2.24) is 9.71 Å². The van der Waals surface area contributed by atoms with Crippen molar-refractivity contribution in [3.05, 3.63) is 51.6 Å². The average molecular weight is 391 g/mol. The van der Waals surface area contributed by atoms with E-state index in [4.69, 9.17) is 17.3 Å². The average Bonchev–Trinajstić information content (AvgIpc) is 2.41. The highest BCUT2D eigenvalue weighted by atomic mass is 79.9. The van der Waals surface area contributed by atoms with Gasteiger partial charge >= 0.3 is 0 Å². The van der Waals surface area contributed by atoms with Crippen LogP contribution < -0.4 is 10.5 Å². The van der Waals surface area contributed by atoms with Crippen LogP contribution in [-0.2, 0) is 10.0 Å². The number of nitrogens with one attached hydrogen (secondary N) is 1. The zero-order chi connectivity index (χ0) is 15.6. The van der Waals surface area contributed by atoms with E-state index in [9.17, 15) is 8.42 Å². The molecule has 1 unspecified atom stereocenters. The number of nitrogen functional groups attached to an aromatic ring is 1. The van der Waals surface area contributed by atoms with Gasteiger partial charge in [-0.2, -0.15) is 0 Å². The summed E-state index contributed by atoms with van der Waals surface area (Å²) in [5.74, 6) is -0.0583. The Bertz CT molecular complexity index is 768. The van der Waals surface area contributed by atoms with Crippen molar-refractivity contribution in [1.29, 1.82) is 0 Å². The van der Waals surface area contributed by atoms with E-state index in [1.807, 2.05) is 0 Å². The predicted octanol–water partition coefficient (Wildman–Crippen LogP) is 3.12. The Morgan fingerprint density at radius 3 is 2.71 bits per heavy atom. The summed E-state index contributed by atoms with van der Waals surface area (Å²) in [6.07, 6.45) is 1.44. The number of nitrogens with zero attached hydrogens (tertiary/aromatic N) is 1. The maximum Gasteiger partial charge on any atom is 0.244 e. The van der Waals surface area contributed by atoms with Gasteiger partial charge in [-0.1, -0.05) is 29.8 Å². The molecule has 0 saturated heterocycles. The van der Waals surface area contributed by atoms with Crippen LogP contribution in [0.25, 0.3) is 0 Å². The first-order chi connectivity index (χ1) is 9.81. The highest BCUT2D eigenvalue weighted by Crippen LogP contribution is 2.26. The van der Waals surface area contributed by atoms with Crippen molar-refractivity contribution in [3.63, 3.8) is 0 Å². The van der Waals surface area contributed by atoms with Crippen LogP contribution in [0, 0.1) is 0 Å². The van der Waals surface area contributed by atoms with Crippen molar-refractivity contribution >= 4 is 43.4 Å². The summed E-state index contributed by atoms with van der Waals surface area (Å²) in [4.78, 5) is 3.75. The van der Waals surface area contributed by atoms with Crippen LogP contribution in [0.3, 0.4) is 0 Å². The molecule has 0 saturated carbocycles. The highest BCUT2D eigenvalue weighted by Gasteiger charge is 2.22. The molecule has 5 nitrogen and oxygen atoms in total. The second-order valence-electron chi connectivity index (χ2n) is 4.40. The van der Waals surface area contributed by atoms with Gasteiger partial charge in [0.25, 0.3) is 0 Å². The first-order valence-corrected chi connectivity index (χ1v) is 8.64. The van der Waals surface area contributed by atoms with Crippen molar-refractivity contribution in [3.8, 4) is 0 Å². The molecule has 0 radical (unpaired) electrons. The fourth-order valence-electron chi connectivity index (χ4n) is 1.83. The molecule has 1 heterocycles. The van der Waals surface area contributed by atoms with Crippen LogP contribution in [0.15, 0.2) is 45.9 Å². The Hall–Kier alpha value is -1.15. The van der Waals surface area contributed by atoms with E-state index >= 15 is 0 Å². The molecule has 0 aliphatic rings. The van der Waals surface area contributed by atoms with Crippen LogP contribution in [-0.4, -0.2) is 13.4 Å². The Morgan fingerprint density at radius 2 is 2.05 bits per heavy atom. The first-order valence-electron chi connectivity index (χ1n) is 5.99. The zero-order valence-corrected chi connectivity index (χ0v) is 14.2. The van der Waals surface area contributed by atoms with E-state index in [0.717, 1.165) is 0 Å². The number of sulfonamides is 1. The number of hydrogen-bond acceptors (Lipinski definition) is 4. The number of pyridine rings is 1. The molecule has 0 amide bonds. The van der Waals surface area contributed by atoms with Crippen LogP contribution in [0.1, 0.15) is 18.5 Å². The maximum atomic E-state index is 12.4. The van der Waals surface area contributed by atoms with Gasteiger partial charge in [0.15, 0.2) is 0 Å². The minimum Gasteiger partial charge on any atom is -0.383 e. The normalized spacial score (nSPS) is 13.1. The monoisotopic (exact) mass is 389 g/mol. The molecule has 112 valence electrons. The quantitative estimate of drug-likeness (QED) is 0.840. The highest BCUT2D eigenvalue weighted by molar-refractivity contribution is 9.10. The fraction of sp³-hybridized carbons (Fsp3) is 0.154. The topological polar surface area (TPSA) is 85.1 Å². The smallest absolute Gasteiger partial charge is 0.244 e. The first kappa shape index (κ1) is 16.2. The van der Waals surface area contributed by atoms with Crippen LogP contribution in [0.4, 0.5) is 5.82 Å². The maximum absolute atomic E-state index is 12.4. The van der Waals surface area contributed by atoms with Gasteiger partial charge in [-0.3, -0.25) is 0 Å². The minimum atomic E-state index is -3.80. The van der Waals surface area contributed by atoms with E-state index < -0.39 is 16.1 Å². The molecule has 1 atom stereocenters. The molecule has 1 aromatic carbocycles. The van der Waals surface area contributed by atoms with E-state index in [2.05, 4.69) is 25.6 Å². The minimum absolute atomic E-state index is 0.0583. The van der Waals surface area contributed by atoms with Gasteiger partial charge in [0.2, 0.25) is 10.0 Å². The van der Waals surface area contributed by atoms with Crippen molar-refractivity contribution in [2.24, 2.45) is 0 Å². The lowest BCUT2D eigenvalue weighted by Gasteiger charge is -2.16. The van der Waals surface area contributed by atoms with Crippen molar-refractivity contribution in [2.45, 2.75) is 17.9 Å². The molecule has 8 heteroatoms. The lowest BCUT2D eigenvalue weighted by molar-refractivity contribution is 0.567. The predicted molar refractivity (Wildman–Crippen MR) is 86.5 cm³/mol. The lowest BCUT2D eigenvalue weighted by atomic mass is 10.1. The van der Waals surface area contributed by atoms with Gasteiger partial charge < -0.3 is 5.73 Å². The molecule has 1 aromatic heterocycles. The van der Waals surface area contributed by atoms with E-state index in [1.54, 1.807) is 31.2 Å². The lowest BCUT2D eigenvalue weighted by Crippen LogP contribution is -2.28. The summed E-state index contributed by atoms with van der Waals surface area (Å²) in [7, 11) is -3.80. The third-order valence-electron chi connectivity index (χ3n) is 2.84. The molecule has 0 fully saturated rings. The van der Waals surface area contributed by atoms with Gasteiger partial charge in [0.05, 0.1) is 0 Å². The molecular formula is C13H13BrClN3O2S. The Morgan fingerprint density at radius 1 is 1.38 bits per heavy atom. The summed E-state index contributed by atoms with van der Waals surface area (Å²) in [6.45, 7) is 1.71. The summed E-state index contributed by atoms with van der Waals surface area (Å²) >= 11 is 9.25. The third-order valence-corrected chi connectivity index (χ3v) is 5.19. The third kappa shape index (κ3) is 3.74. The van der Waals surface area contributed by atoms with Crippen LogP contribution in [0.5, 0.6) is 0 Å². The number of rotatable bonds is 4. The molecule has 0 aliphatic heterocycles. The Labute approximate surface area is 136 Å². The summed E-state index contributed by atoms with van der Waals surface area (Å²) < 4.78 is 27.9. The molecule has 3 N–H and O–H groups in total. The summed E-state index contributed by atoms with van der Waals surface area (Å²) in [5.41, 5.74) is 6.33. The fourth-order valence-corrected chi connectivity index (χ4v) is 3.94. The molecule has 21 heavy (non-hydrogen) atoms. The molecule has 0 bridgehead atoms. The number of nitrogens with two attached hydrogens (primary N) is 1. The van der Waals surface area contributed by atoms with E-state index in [0.29, 0.717) is 15.1 Å². The SMILES string of the molecule is CC(NS(=O)(=O)c1cc(Br)cnc1N)c1ccccc1Cl. The Balaban J connectivity index is 2.34. The largest absolute Gasteiger partial charge is 0.383 e. The Kier molecular flexibility index (Phi) is 4.88. The van der Waals surface area contributed by atoms with Gasteiger partial charge in [-0.05, 0) is 40.5 Å². The number of anilines is 1. The number of aromatic nitrogens is 1. The van der Waals surface area contributed by atoms with E-state index in [1.165, 1.54) is 12.3 Å². The van der Waals surface area contributed by atoms with Gasteiger partial charge in [-0.15, -0.1) is 0 Å². The van der Waals surface area contributed by atoms with Gasteiger partial charge in [0.1, 0.15) is 10.7 Å². The second-order valence-corrected chi connectivity index (χ2v) is 7.41. The molecule has 0 aliphatic carbocycles. The second kappa shape index (κ2) is 6.31. The molecule has 2 rings (SSSR count). The van der Waals surface area contributed by atoms with Crippen molar-refractivity contribution in [2.75, 3.05) is 5.73 Å². The number of halogens is 2. The molecule has 0 spiro atoms. The van der Waals surface area contributed by atoms with Gasteiger partial charge in [-0.25, -0.2) is 18.1 Å². The summed E-state index contributed by atoms with van der Waals surface area (Å²) in [6, 6.07) is 7.95. The standard InChI is InChI=1S/C13H13BrClN3O2S/c1-8(10-4-2-3-5-11(10)15)18-21(19,20)12-6-9(14)7-17-13(12)16/h2-8,18H,1H3,(H2,16,17). The van der Waals surface area contributed by atoms with Crippen LogP contribution in [0.2, 0.25) is 5.02 Å². The van der Waals surface area contributed by atoms with E-state index in [-0.39, 0.29) is 10.7 Å². The number of benzene rings is 1. The van der Waals surface area contributed by atoms with Crippen molar-refractivity contribution < 1.29 is 8.42 Å². The zero-order valence-electron chi connectivity index (χ0n) is 11.0. The molecular weight excluding hydrogens is 378 g/mol. The number of hydrogen-bond donors (Lipinski definition) is 2.